The molecule has 0 aliphatic heterocycles. The Morgan fingerprint density at radius 3 is 2.40 bits per heavy atom. The smallest absolute Gasteiger partial charge is 0.242 e. The molecule has 1 aromatic carbocycles. The van der Waals surface area contributed by atoms with Gasteiger partial charge in [0, 0.05) is 13.7 Å². The van der Waals surface area contributed by atoms with E-state index in [2.05, 4.69) is 5.32 Å². The van der Waals surface area contributed by atoms with Crippen LogP contribution in [0.5, 0.6) is 5.75 Å². The Morgan fingerprint density at radius 2 is 1.95 bits per heavy atom. The summed E-state index contributed by atoms with van der Waals surface area (Å²) in [4.78, 5) is 11.8. The number of hydrogen-bond donors (Lipinski definition) is 2. The number of carbonyl (C=O) groups excluding carboxylic acids is 1. The summed E-state index contributed by atoms with van der Waals surface area (Å²) in [6.07, 6.45) is 0.114. The summed E-state index contributed by atoms with van der Waals surface area (Å²) in [7, 11) is 1.61. The minimum atomic E-state index is -0.922. The van der Waals surface area contributed by atoms with Gasteiger partial charge in [0.2, 0.25) is 5.91 Å². The van der Waals surface area contributed by atoms with Crippen LogP contribution in [-0.2, 0) is 15.1 Å². The van der Waals surface area contributed by atoms with Crippen LogP contribution >= 0.6 is 0 Å². The number of amides is 1. The fraction of sp³-hybridized carbons (Fsp3) is 0.533. The monoisotopic (exact) mass is 280 g/mol. The van der Waals surface area contributed by atoms with E-state index in [4.69, 9.17) is 15.2 Å². The second kappa shape index (κ2) is 7.26. The zero-order valence-corrected chi connectivity index (χ0v) is 12.6. The van der Waals surface area contributed by atoms with Gasteiger partial charge in [0.05, 0.1) is 12.7 Å². The van der Waals surface area contributed by atoms with Gasteiger partial charge in [0.25, 0.3) is 0 Å². The van der Waals surface area contributed by atoms with Crippen LogP contribution in [-0.4, -0.2) is 32.3 Å². The summed E-state index contributed by atoms with van der Waals surface area (Å²) in [5.41, 5.74) is 5.41. The molecule has 0 radical (unpaired) electrons. The molecule has 0 heterocycles. The Morgan fingerprint density at radius 1 is 1.35 bits per heavy atom. The van der Waals surface area contributed by atoms with Crippen LogP contribution in [0.15, 0.2) is 24.3 Å². The number of ether oxygens (including phenoxy) is 2. The number of rotatable bonds is 8. The van der Waals surface area contributed by atoms with Crippen LogP contribution in [0.4, 0.5) is 0 Å². The van der Waals surface area contributed by atoms with Gasteiger partial charge < -0.3 is 15.2 Å². The molecule has 112 valence electrons. The first-order valence-corrected chi connectivity index (χ1v) is 6.71. The van der Waals surface area contributed by atoms with Crippen LogP contribution in [0.3, 0.4) is 0 Å². The lowest BCUT2D eigenvalue weighted by Gasteiger charge is -2.28. The van der Waals surface area contributed by atoms with E-state index in [0.29, 0.717) is 13.2 Å². The van der Waals surface area contributed by atoms with E-state index in [1.54, 1.807) is 14.0 Å². The quantitative estimate of drug-likeness (QED) is 0.706. The number of hydrogen-bond acceptors (Lipinski definition) is 4. The second-order valence-electron chi connectivity index (χ2n) is 5.10. The molecule has 0 saturated heterocycles. The molecule has 0 aliphatic carbocycles. The molecule has 0 bridgehead atoms. The summed E-state index contributed by atoms with van der Waals surface area (Å²) in [5, 5.41) is 3.13. The highest BCUT2D eigenvalue weighted by atomic mass is 16.5. The summed E-state index contributed by atoms with van der Waals surface area (Å²) in [6.45, 7) is 6.75. The summed E-state index contributed by atoms with van der Waals surface area (Å²) >= 11 is 0. The number of nitrogens with one attached hydrogen (secondary N) is 1. The van der Waals surface area contributed by atoms with E-state index in [1.165, 1.54) is 0 Å². The Balaban J connectivity index is 2.88. The number of benzene rings is 1. The largest absolute Gasteiger partial charge is 0.491 e. The van der Waals surface area contributed by atoms with Gasteiger partial charge in [-0.1, -0.05) is 12.1 Å². The number of methoxy groups -OCH3 is 1. The highest BCUT2D eigenvalue weighted by Gasteiger charge is 2.32. The third-order valence-electron chi connectivity index (χ3n) is 3.08. The molecule has 1 amide bonds. The second-order valence-corrected chi connectivity index (χ2v) is 5.10. The average molecular weight is 280 g/mol. The molecular weight excluding hydrogens is 256 g/mol. The third kappa shape index (κ3) is 4.21. The third-order valence-corrected chi connectivity index (χ3v) is 3.08. The van der Waals surface area contributed by atoms with Crippen molar-refractivity contribution in [3.05, 3.63) is 29.8 Å². The molecule has 5 heteroatoms. The van der Waals surface area contributed by atoms with Gasteiger partial charge in [-0.05, 0) is 38.5 Å². The van der Waals surface area contributed by atoms with E-state index in [-0.39, 0.29) is 6.10 Å². The van der Waals surface area contributed by atoms with E-state index >= 15 is 0 Å². The van der Waals surface area contributed by atoms with Gasteiger partial charge in [0.15, 0.2) is 0 Å². The Bertz CT molecular complexity index is 431. The molecule has 0 aromatic heterocycles. The van der Waals surface area contributed by atoms with Crippen molar-refractivity contribution in [2.45, 2.75) is 32.4 Å². The molecule has 1 atom stereocenters. The van der Waals surface area contributed by atoms with Gasteiger partial charge in [-0.3, -0.25) is 10.1 Å². The lowest BCUT2D eigenvalue weighted by atomic mass is 9.91. The highest BCUT2D eigenvalue weighted by molar-refractivity contribution is 5.85. The van der Waals surface area contributed by atoms with Crippen molar-refractivity contribution >= 4 is 5.91 Å². The van der Waals surface area contributed by atoms with Crippen molar-refractivity contribution in [1.29, 1.82) is 0 Å². The maximum absolute atomic E-state index is 11.8. The topological polar surface area (TPSA) is 73.6 Å². The first kappa shape index (κ1) is 16.5. The number of nitrogens with two attached hydrogens (primary N) is 1. The minimum absolute atomic E-state index is 0.114. The fourth-order valence-corrected chi connectivity index (χ4v) is 1.87. The van der Waals surface area contributed by atoms with Gasteiger partial charge in [-0.15, -0.1) is 0 Å². The summed E-state index contributed by atoms with van der Waals surface area (Å²) in [5.74, 6) is 0.346. The molecule has 1 aromatic rings. The van der Waals surface area contributed by atoms with Gasteiger partial charge in [-0.2, -0.15) is 0 Å². The van der Waals surface area contributed by atoms with Crippen LogP contribution < -0.4 is 15.8 Å². The first-order valence-electron chi connectivity index (χ1n) is 6.71. The zero-order chi connectivity index (χ0) is 15.2. The van der Waals surface area contributed by atoms with Gasteiger partial charge in [-0.25, -0.2) is 0 Å². The molecule has 3 N–H and O–H groups in total. The molecule has 0 spiro atoms. The molecule has 1 unspecified atom stereocenters. The predicted molar refractivity (Wildman–Crippen MR) is 78.6 cm³/mol. The molecule has 1 rings (SSSR count). The lowest BCUT2D eigenvalue weighted by molar-refractivity contribution is -0.124. The molecule has 0 saturated carbocycles. The Labute approximate surface area is 120 Å². The van der Waals surface area contributed by atoms with Crippen molar-refractivity contribution in [3.63, 3.8) is 0 Å². The first-order chi connectivity index (χ1) is 9.40. The summed E-state index contributed by atoms with van der Waals surface area (Å²) < 4.78 is 10.6. The van der Waals surface area contributed by atoms with Crippen molar-refractivity contribution in [2.75, 3.05) is 20.3 Å². The van der Waals surface area contributed by atoms with Gasteiger partial charge >= 0.3 is 0 Å². The fourth-order valence-electron chi connectivity index (χ4n) is 1.87. The van der Waals surface area contributed by atoms with Crippen LogP contribution in [0.25, 0.3) is 0 Å². The standard InChI is InChI=1S/C15H24N2O3/c1-11(2)20-13-7-5-12(6-8-13)15(3,14(16)18)17-9-10-19-4/h5-8,11,17H,9-10H2,1-4H3,(H2,16,18). The maximum atomic E-state index is 11.8. The number of carbonyl (C=O) groups is 1. The Kier molecular flexibility index (Phi) is 5.98. The zero-order valence-electron chi connectivity index (χ0n) is 12.6. The average Bonchev–Trinajstić information content (AvgIpc) is 2.38. The van der Waals surface area contributed by atoms with E-state index in [9.17, 15) is 4.79 Å². The molecular formula is C15H24N2O3. The normalized spacial score (nSPS) is 14.1. The maximum Gasteiger partial charge on any atom is 0.242 e. The van der Waals surface area contributed by atoms with Crippen LogP contribution in [0.1, 0.15) is 26.3 Å². The van der Waals surface area contributed by atoms with E-state index in [1.807, 2.05) is 38.1 Å². The van der Waals surface area contributed by atoms with E-state index in [0.717, 1.165) is 11.3 Å². The molecule has 0 aliphatic rings. The van der Waals surface area contributed by atoms with Crippen molar-refractivity contribution in [2.24, 2.45) is 5.73 Å². The van der Waals surface area contributed by atoms with E-state index < -0.39 is 11.4 Å². The SMILES string of the molecule is COCCNC(C)(C(N)=O)c1ccc(OC(C)C)cc1. The molecule has 0 fully saturated rings. The minimum Gasteiger partial charge on any atom is -0.491 e. The highest BCUT2D eigenvalue weighted by Crippen LogP contribution is 2.23. The lowest BCUT2D eigenvalue weighted by Crippen LogP contribution is -2.51. The van der Waals surface area contributed by atoms with Crippen molar-refractivity contribution < 1.29 is 14.3 Å². The predicted octanol–water partition coefficient (Wildman–Crippen LogP) is 1.41. The molecule has 5 nitrogen and oxygen atoms in total. The van der Waals surface area contributed by atoms with Crippen molar-refractivity contribution in [1.82, 2.24) is 5.32 Å². The van der Waals surface area contributed by atoms with Crippen molar-refractivity contribution in [3.8, 4) is 5.75 Å². The summed E-state index contributed by atoms with van der Waals surface area (Å²) in [6, 6.07) is 7.38. The molecule has 20 heavy (non-hydrogen) atoms. The Hall–Kier alpha value is -1.59. The number of primary amides is 1. The van der Waals surface area contributed by atoms with Gasteiger partial charge in [0.1, 0.15) is 11.3 Å². The van der Waals surface area contributed by atoms with Crippen LogP contribution in [0.2, 0.25) is 0 Å². The van der Waals surface area contributed by atoms with Crippen LogP contribution in [0, 0.1) is 0 Å².